The largest absolute Gasteiger partial charge is 0.336 e. The number of rotatable bonds is 2. The molecule has 1 heterocycles. The molecule has 1 rings (SSSR count). The Morgan fingerprint density at radius 2 is 2.31 bits per heavy atom. The van der Waals surface area contributed by atoms with Crippen LogP contribution in [0, 0.1) is 0 Å². The van der Waals surface area contributed by atoms with Crippen molar-refractivity contribution in [2.45, 2.75) is 25.8 Å². The van der Waals surface area contributed by atoms with Gasteiger partial charge in [0.2, 0.25) is 5.91 Å². The van der Waals surface area contributed by atoms with Crippen molar-refractivity contribution in [2.75, 3.05) is 12.8 Å². The predicted octanol–water partition coefficient (Wildman–Crippen LogP) is 2.30. The lowest BCUT2D eigenvalue weighted by Gasteiger charge is -2.19. The zero-order valence-electron chi connectivity index (χ0n) is 8.03. The van der Waals surface area contributed by atoms with E-state index in [1.807, 2.05) is 16.6 Å². The lowest BCUT2D eigenvalue weighted by molar-refractivity contribution is -0.126. The summed E-state index contributed by atoms with van der Waals surface area (Å²) in [5.74, 6) is 0.161. The highest BCUT2D eigenvalue weighted by Gasteiger charge is 2.22. The summed E-state index contributed by atoms with van der Waals surface area (Å²) < 4.78 is 0. The fraction of sp³-hybridized carbons (Fsp3) is 0.667. The fourth-order valence-corrected chi connectivity index (χ4v) is 1.74. The normalized spacial score (nSPS) is 22.0. The second kappa shape index (κ2) is 6.33. The molecule has 0 radical (unpaired) electrons. The zero-order chi connectivity index (χ0) is 8.97. The summed E-state index contributed by atoms with van der Waals surface area (Å²) in [6, 6.07) is 0.434. The van der Waals surface area contributed by atoms with Gasteiger partial charge in [-0.3, -0.25) is 4.79 Å². The van der Waals surface area contributed by atoms with Crippen molar-refractivity contribution < 1.29 is 4.79 Å². The predicted molar refractivity (Wildman–Crippen MR) is 60.3 cm³/mol. The van der Waals surface area contributed by atoms with Crippen LogP contribution < -0.4 is 0 Å². The van der Waals surface area contributed by atoms with Gasteiger partial charge >= 0.3 is 0 Å². The Balaban J connectivity index is 0.00000144. The van der Waals surface area contributed by atoms with Crippen LogP contribution in [0.5, 0.6) is 0 Å². The topological polar surface area (TPSA) is 20.3 Å². The fourth-order valence-electron chi connectivity index (χ4n) is 1.48. The Kier molecular flexibility index (Phi) is 6.25. The van der Waals surface area contributed by atoms with Crippen molar-refractivity contribution in [2.24, 2.45) is 0 Å². The van der Waals surface area contributed by atoms with Crippen LogP contribution in [0.2, 0.25) is 0 Å². The highest BCUT2D eigenvalue weighted by atomic mass is 35.5. The molecule has 0 N–H and O–H groups in total. The van der Waals surface area contributed by atoms with Crippen LogP contribution in [0.15, 0.2) is 11.5 Å². The minimum absolute atomic E-state index is 0. The first kappa shape index (κ1) is 12.8. The third-order valence-corrected chi connectivity index (χ3v) is 2.59. The highest BCUT2D eigenvalue weighted by Crippen LogP contribution is 2.16. The third-order valence-electron chi connectivity index (χ3n) is 2.18. The summed E-state index contributed by atoms with van der Waals surface area (Å²) in [6.07, 6.45) is 5.92. The molecule has 1 aliphatic heterocycles. The Hall–Kier alpha value is -0.150. The number of hydrogen-bond donors (Lipinski definition) is 0. The van der Waals surface area contributed by atoms with Gasteiger partial charge in [0.05, 0.1) is 0 Å². The first-order valence-electron chi connectivity index (χ1n) is 4.25. The second-order valence-electron chi connectivity index (χ2n) is 3.06. The van der Waals surface area contributed by atoms with E-state index in [0.29, 0.717) is 6.04 Å². The van der Waals surface area contributed by atoms with E-state index in [2.05, 4.69) is 6.92 Å². The third kappa shape index (κ3) is 3.61. The number of thioether (sulfide) groups is 1. The van der Waals surface area contributed by atoms with Crippen LogP contribution in [-0.4, -0.2) is 29.6 Å². The maximum Gasteiger partial charge on any atom is 0.247 e. The van der Waals surface area contributed by atoms with Gasteiger partial charge in [-0.2, -0.15) is 0 Å². The van der Waals surface area contributed by atoms with Crippen LogP contribution in [-0.2, 0) is 4.79 Å². The summed E-state index contributed by atoms with van der Waals surface area (Å²) in [7, 11) is 0. The molecule has 1 atom stereocenters. The van der Waals surface area contributed by atoms with Crippen LogP contribution in [0.1, 0.15) is 19.8 Å². The molecular weight excluding hydrogens is 206 g/mol. The molecule has 1 aliphatic rings. The van der Waals surface area contributed by atoms with Gasteiger partial charge in [0.1, 0.15) is 0 Å². The maximum absolute atomic E-state index is 11.4. The van der Waals surface area contributed by atoms with Gasteiger partial charge in [-0.25, -0.2) is 0 Å². The number of halogens is 1. The number of carbonyl (C=O) groups excluding carboxylic acids is 1. The van der Waals surface area contributed by atoms with Crippen molar-refractivity contribution in [3.63, 3.8) is 0 Å². The summed E-state index contributed by atoms with van der Waals surface area (Å²) in [6.45, 7) is 3.04. The van der Waals surface area contributed by atoms with E-state index in [-0.39, 0.29) is 18.3 Å². The zero-order valence-corrected chi connectivity index (χ0v) is 9.66. The van der Waals surface area contributed by atoms with Crippen LogP contribution >= 0.6 is 24.2 Å². The van der Waals surface area contributed by atoms with E-state index in [1.54, 1.807) is 17.8 Å². The van der Waals surface area contributed by atoms with Crippen molar-refractivity contribution in [1.82, 2.24) is 4.90 Å². The number of hydrogen-bond acceptors (Lipinski definition) is 2. The molecule has 4 heteroatoms. The van der Waals surface area contributed by atoms with E-state index in [9.17, 15) is 4.79 Å². The minimum Gasteiger partial charge on any atom is -0.336 e. The first-order valence-corrected chi connectivity index (χ1v) is 5.54. The molecule has 0 spiro atoms. The van der Waals surface area contributed by atoms with E-state index >= 15 is 0 Å². The van der Waals surface area contributed by atoms with Crippen LogP contribution in [0.3, 0.4) is 0 Å². The van der Waals surface area contributed by atoms with Gasteiger partial charge in [-0.05, 0) is 31.4 Å². The highest BCUT2D eigenvalue weighted by molar-refractivity contribution is 8.01. The van der Waals surface area contributed by atoms with Gasteiger partial charge in [0.25, 0.3) is 0 Å². The number of nitrogens with zero attached hydrogens (tertiary/aromatic N) is 1. The Bertz CT molecular complexity index is 196. The van der Waals surface area contributed by atoms with Gasteiger partial charge in [0, 0.05) is 18.7 Å². The average molecular weight is 222 g/mol. The average Bonchev–Trinajstić information content (AvgIpc) is 2.47. The lowest BCUT2D eigenvalue weighted by Crippen LogP contribution is -2.32. The molecule has 0 aliphatic carbocycles. The molecule has 1 fully saturated rings. The van der Waals surface area contributed by atoms with E-state index in [1.165, 1.54) is 0 Å². The number of amides is 1. The standard InChI is InChI=1S/C9H15NOS.ClH/c1-8-4-3-6-10(8)9(11)5-7-12-2;/h5,7-8H,3-4,6H2,1-2H3;1H/b7-5+;. The van der Waals surface area contributed by atoms with Gasteiger partial charge in [0.15, 0.2) is 0 Å². The summed E-state index contributed by atoms with van der Waals surface area (Å²) in [4.78, 5) is 13.4. The van der Waals surface area contributed by atoms with Crippen molar-refractivity contribution >= 4 is 30.1 Å². The second-order valence-corrected chi connectivity index (χ2v) is 3.80. The molecule has 1 unspecified atom stereocenters. The molecule has 76 valence electrons. The molecular formula is C9H16ClNOS. The Labute approximate surface area is 90.2 Å². The van der Waals surface area contributed by atoms with Crippen LogP contribution in [0.4, 0.5) is 0 Å². The monoisotopic (exact) mass is 221 g/mol. The summed E-state index contributed by atoms with van der Waals surface area (Å²) in [5, 5.41) is 1.84. The van der Waals surface area contributed by atoms with E-state index in [4.69, 9.17) is 0 Å². The Morgan fingerprint density at radius 1 is 1.62 bits per heavy atom. The van der Waals surface area contributed by atoms with Gasteiger partial charge in [-0.15, -0.1) is 24.2 Å². The number of carbonyl (C=O) groups is 1. The smallest absolute Gasteiger partial charge is 0.247 e. The quantitative estimate of drug-likeness (QED) is 0.667. The summed E-state index contributed by atoms with van der Waals surface area (Å²) in [5.41, 5.74) is 0. The molecule has 2 nitrogen and oxygen atoms in total. The minimum atomic E-state index is 0. The van der Waals surface area contributed by atoms with Crippen LogP contribution in [0.25, 0.3) is 0 Å². The lowest BCUT2D eigenvalue weighted by atomic mass is 10.2. The molecule has 1 saturated heterocycles. The molecule has 0 bridgehead atoms. The molecule has 1 amide bonds. The van der Waals surface area contributed by atoms with E-state index in [0.717, 1.165) is 19.4 Å². The molecule has 0 aromatic carbocycles. The van der Waals surface area contributed by atoms with Gasteiger partial charge < -0.3 is 4.90 Å². The summed E-state index contributed by atoms with van der Waals surface area (Å²) >= 11 is 1.56. The van der Waals surface area contributed by atoms with Crippen molar-refractivity contribution in [1.29, 1.82) is 0 Å². The van der Waals surface area contributed by atoms with Crippen molar-refractivity contribution in [3.8, 4) is 0 Å². The molecule has 0 saturated carbocycles. The SMILES string of the molecule is CS/C=C/C(=O)N1CCCC1C.Cl. The number of likely N-dealkylation sites (tertiary alicyclic amines) is 1. The molecule has 0 aromatic heterocycles. The van der Waals surface area contributed by atoms with Gasteiger partial charge in [-0.1, -0.05) is 0 Å². The molecule has 0 aromatic rings. The van der Waals surface area contributed by atoms with Crippen molar-refractivity contribution in [3.05, 3.63) is 11.5 Å². The molecule has 13 heavy (non-hydrogen) atoms. The maximum atomic E-state index is 11.4. The van der Waals surface area contributed by atoms with E-state index < -0.39 is 0 Å². The first-order chi connectivity index (χ1) is 5.75. The Morgan fingerprint density at radius 3 is 2.77 bits per heavy atom.